The third kappa shape index (κ3) is 2.98. The molecule has 1 saturated carbocycles. The number of amides is 1. The van der Waals surface area contributed by atoms with Gasteiger partial charge >= 0.3 is 0 Å². The van der Waals surface area contributed by atoms with Gasteiger partial charge in [-0.3, -0.25) is 4.79 Å². The summed E-state index contributed by atoms with van der Waals surface area (Å²) in [5.41, 5.74) is 3.22. The minimum atomic E-state index is -0.239. The molecule has 5 nitrogen and oxygen atoms in total. The second-order valence-electron chi connectivity index (χ2n) is 6.37. The van der Waals surface area contributed by atoms with Gasteiger partial charge in [0.25, 0.3) is 5.91 Å². The number of nitrogens with zero attached hydrogens (tertiary/aromatic N) is 2. The van der Waals surface area contributed by atoms with Crippen molar-refractivity contribution < 1.29 is 9.90 Å². The van der Waals surface area contributed by atoms with Crippen LogP contribution in [0.5, 0.6) is 5.88 Å². The fourth-order valence-electron chi connectivity index (χ4n) is 3.11. The van der Waals surface area contributed by atoms with Crippen molar-refractivity contribution in [1.82, 2.24) is 4.98 Å². The van der Waals surface area contributed by atoms with Crippen LogP contribution in [-0.2, 0) is 4.79 Å². The summed E-state index contributed by atoms with van der Waals surface area (Å²) in [5, 5.41) is 18.7. The quantitative estimate of drug-likeness (QED) is 0.583. The van der Waals surface area contributed by atoms with Gasteiger partial charge < -0.3 is 10.1 Å². The fraction of sp³-hybridized carbons (Fsp3) is 0.211. The number of rotatable bonds is 3. The topological polar surface area (TPSA) is 77.8 Å². The lowest BCUT2D eigenvalue weighted by molar-refractivity contribution is -0.119. The van der Waals surface area contributed by atoms with Crippen LogP contribution >= 0.6 is 15.9 Å². The molecule has 1 heterocycles. The first-order chi connectivity index (χ1) is 12.0. The Hall–Kier alpha value is -2.47. The SMILES string of the molecule is Cc1cc2c(N=NC(=O)[C@H]3C[C@H]3c3ccccc3)c(O)[nH]c2cc1Br. The largest absolute Gasteiger partial charge is 0.493 e. The Kier molecular flexibility index (Phi) is 3.92. The molecule has 0 bridgehead atoms. The normalized spacial score (nSPS) is 19.6. The van der Waals surface area contributed by atoms with Gasteiger partial charge in [-0.15, -0.1) is 10.2 Å². The predicted molar refractivity (Wildman–Crippen MR) is 99.2 cm³/mol. The second-order valence-corrected chi connectivity index (χ2v) is 7.22. The number of carbonyl (C=O) groups excluding carboxylic acids is 1. The van der Waals surface area contributed by atoms with E-state index < -0.39 is 0 Å². The smallest absolute Gasteiger partial charge is 0.268 e. The predicted octanol–water partition coefficient (Wildman–Crippen LogP) is 5.36. The van der Waals surface area contributed by atoms with Crippen molar-refractivity contribution in [3.63, 3.8) is 0 Å². The molecular weight excluding hydrogens is 382 g/mol. The highest BCUT2D eigenvalue weighted by atomic mass is 79.9. The third-order valence-electron chi connectivity index (χ3n) is 4.62. The minimum absolute atomic E-state index is 0.0838. The average molecular weight is 398 g/mol. The third-order valence-corrected chi connectivity index (χ3v) is 5.47. The molecule has 1 amide bonds. The lowest BCUT2D eigenvalue weighted by Gasteiger charge is -1.98. The summed E-state index contributed by atoms with van der Waals surface area (Å²) in [4.78, 5) is 15.2. The van der Waals surface area contributed by atoms with Crippen molar-refractivity contribution in [3.05, 3.63) is 58.1 Å². The molecule has 0 aliphatic heterocycles. The number of hydrogen-bond donors (Lipinski definition) is 2. The molecule has 0 radical (unpaired) electrons. The lowest BCUT2D eigenvalue weighted by Crippen LogP contribution is -1.96. The van der Waals surface area contributed by atoms with Gasteiger partial charge in [-0.1, -0.05) is 46.3 Å². The van der Waals surface area contributed by atoms with Crippen LogP contribution in [0.2, 0.25) is 0 Å². The van der Waals surface area contributed by atoms with Gasteiger partial charge in [0, 0.05) is 15.8 Å². The van der Waals surface area contributed by atoms with Gasteiger partial charge in [-0.2, -0.15) is 0 Å². The van der Waals surface area contributed by atoms with E-state index in [0.717, 1.165) is 32.9 Å². The standard InChI is InChI=1S/C19H16BrN3O2/c1-10-7-14-16(9-15(10)20)21-19(25)17(14)22-23-18(24)13-8-12(13)11-5-3-2-4-6-11/h2-7,9,12-13,21,25H,8H2,1H3/t12-,13-/m0/s1. The van der Waals surface area contributed by atoms with Gasteiger partial charge in [0.05, 0.1) is 5.52 Å². The number of aromatic amines is 1. The molecule has 4 rings (SSSR count). The van der Waals surface area contributed by atoms with E-state index in [-0.39, 0.29) is 23.6 Å². The molecule has 3 aromatic rings. The van der Waals surface area contributed by atoms with E-state index in [2.05, 4.69) is 31.1 Å². The first kappa shape index (κ1) is 16.0. The zero-order valence-electron chi connectivity index (χ0n) is 13.5. The number of fused-ring (bicyclic) bond motifs is 1. The van der Waals surface area contributed by atoms with E-state index in [1.165, 1.54) is 0 Å². The summed E-state index contributed by atoms with van der Waals surface area (Å²) in [6.07, 6.45) is 0.799. The first-order valence-corrected chi connectivity index (χ1v) is 8.85. The van der Waals surface area contributed by atoms with Crippen molar-refractivity contribution in [1.29, 1.82) is 0 Å². The highest BCUT2D eigenvalue weighted by Gasteiger charge is 2.44. The van der Waals surface area contributed by atoms with Crippen LogP contribution in [0.3, 0.4) is 0 Å². The maximum atomic E-state index is 12.3. The molecule has 1 aromatic heterocycles. The van der Waals surface area contributed by atoms with E-state index in [9.17, 15) is 9.90 Å². The minimum Gasteiger partial charge on any atom is -0.493 e. The molecule has 1 aliphatic rings. The number of H-pyrrole nitrogens is 1. The van der Waals surface area contributed by atoms with Gasteiger partial charge in [0.15, 0.2) is 5.69 Å². The van der Waals surface area contributed by atoms with Crippen LogP contribution in [0, 0.1) is 12.8 Å². The van der Waals surface area contributed by atoms with Gasteiger partial charge in [-0.25, -0.2) is 0 Å². The van der Waals surface area contributed by atoms with Gasteiger partial charge in [0.1, 0.15) is 0 Å². The second kappa shape index (κ2) is 6.11. The van der Waals surface area contributed by atoms with Gasteiger partial charge in [0.2, 0.25) is 5.88 Å². The Morgan fingerprint density at radius 3 is 2.80 bits per heavy atom. The Balaban J connectivity index is 1.56. The summed E-state index contributed by atoms with van der Waals surface area (Å²) in [5.74, 6) is -0.215. The highest BCUT2D eigenvalue weighted by molar-refractivity contribution is 9.10. The van der Waals surface area contributed by atoms with E-state index in [1.54, 1.807) is 0 Å². The number of aromatic hydroxyl groups is 1. The van der Waals surface area contributed by atoms with E-state index in [0.29, 0.717) is 5.69 Å². The fourth-order valence-corrected chi connectivity index (χ4v) is 3.45. The molecule has 25 heavy (non-hydrogen) atoms. The van der Waals surface area contributed by atoms with E-state index in [4.69, 9.17) is 0 Å². The number of halogens is 1. The summed E-state index contributed by atoms with van der Waals surface area (Å²) in [7, 11) is 0. The van der Waals surface area contributed by atoms with Crippen LogP contribution in [0.15, 0.2) is 57.2 Å². The molecule has 2 atom stereocenters. The van der Waals surface area contributed by atoms with E-state index >= 15 is 0 Å². The number of carbonyl (C=O) groups is 1. The number of hydrogen-bond acceptors (Lipinski definition) is 3. The Bertz CT molecular complexity index is 995. The molecular formula is C19H16BrN3O2. The summed E-state index contributed by atoms with van der Waals surface area (Å²) in [6.45, 7) is 1.95. The molecule has 0 unspecified atom stereocenters. The maximum absolute atomic E-state index is 12.3. The Morgan fingerprint density at radius 1 is 1.28 bits per heavy atom. The van der Waals surface area contributed by atoms with E-state index in [1.807, 2.05) is 49.4 Å². The molecule has 2 aromatic carbocycles. The molecule has 1 fully saturated rings. The van der Waals surface area contributed by atoms with Crippen LogP contribution in [-0.4, -0.2) is 16.0 Å². The monoisotopic (exact) mass is 397 g/mol. The zero-order chi connectivity index (χ0) is 17.6. The Morgan fingerprint density at radius 2 is 2.04 bits per heavy atom. The van der Waals surface area contributed by atoms with Crippen LogP contribution in [0.4, 0.5) is 5.69 Å². The van der Waals surface area contributed by atoms with Crippen molar-refractivity contribution in [2.75, 3.05) is 0 Å². The average Bonchev–Trinajstić information content (AvgIpc) is 3.35. The summed E-state index contributed by atoms with van der Waals surface area (Å²) >= 11 is 3.46. The molecule has 0 spiro atoms. The number of aromatic nitrogens is 1. The molecule has 2 N–H and O–H groups in total. The number of benzene rings is 2. The van der Waals surface area contributed by atoms with Crippen molar-refractivity contribution in [2.45, 2.75) is 19.3 Å². The zero-order valence-corrected chi connectivity index (χ0v) is 15.1. The Labute approximate surface area is 152 Å². The van der Waals surface area contributed by atoms with Gasteiger partial charge in [-0.05, 0) is 42.5 Å². The molecule has 126 valence electrons. The van der Waals surface area contributed by atoms with Crippen LogP contribution < -0.4 is 0 Å². The van der Waals surface area contributed by atoms with Crippen molar-refractivity contribution >= 4 is 38.4 Å². The molecule has 0 saturated heterocycles. The number of nitrogens with one attached hydrogen (secondary N) is 1. The number of azo groups is 1. The summed E-state index contributed by atoms with van der Waals surface area (Å²) < 4.78 is 0.935. The summed E-state index contributed by atoms with van der Waals surface area (Å²) in [6, 6.07) is 13.7. The van der Waals surface area contributed by atoms with Crippen LogP contribution in [0.25, 0.3) is 10.9 Å². The van der Waals surface area contributed by atoms with Crippen LogP contribution in [0.1, 0.15) is 23.5 Å². The van der Waals surface area contributed by atoms with Crippen molar-refractivity contribution in [3.8, 4) is 5.88 Å². The molecule has 6 heteroatoms. The lowest BCUT2D eigenvalue weighted by atomic mass is 10.1. The molecule has 1 aliphatic carbocycles. The first-order valence-electron chi connectivity index (χ1n) is 8.06. The maximum Gasteiger partial charge on any atom is 0.268 e. The highest BCUT2D eigenvalue weighted by Crippen LogP contribution is 2.48. The number of aryl methyl sites for hydroxylation is 1. The van der Waals surface area contributed by atoms with Crippen molar-refractivity contribution in [2.24, 2.45) is 16.1 Å².